The lowest BCUT2D eigenvalue weighted by Crippen LogP contribution is -2.43. The third kappa shape index (κ3) is 5.20. The number of carbonyl (C=O) groups is 2. The summed E-state index contributed by atoms with van der Waals surface area (Å²) in [4.78, 5) is 30.9. The van der Waals surface area contributed by atoms with Gasteiger partial charge in [0.1, 0.15) is 5.37 Å². The highest BCUT2D eigenvalue weighted by Gasteiger charge is 2.22. The molecule has 0 saturated carbocycles. The average Bonchev–Trinajstić information content (AvgIpc) is 3.37. The molecule has 1 unspecified atom stereocenters. The van der Waals surface area contributed by atoms with E-state index < -0.39 is 0 Å². The highest BCUT2D eigenvalue weighted by Crippen LogP contribution is 2.39. The maximum atomic E-state index is 12.9. The van der Waals surface area contributed by atoms with E-state index in [-0.39, 0.29) is 17.2 Å². The Hall–Kier alpha value is -3.40. The third-order valence-electron chi connectivity index (χ3n) is 6.61. The van der Waals surface area contributed by atoms with Gasteiger partial charge in [0.15, 0.2) is 0 Å². The lowest BCUT2D eigenvalue weighted by molar-refractivity contribution is 0.0956. The Bertz CT molecular complexity index is 1370. The van der Waals surface area contributed by atoms with Gasteiger partial charge in [-0.2, -0.15) is 0 Å². The van der Waals surface area contributed by atoms with Crippen molar-refractivity contribution in [3.05, 3.63) is 94.5 Å². The molecule has 7 nitrogen and oxygen atoms in total. The summed E-state index contributed by atoms with van der Waals surface area (Å²) in [6.07, 6.45) is 1.98. The van der Waals surface area contributed by atoms with E-state index in [1.54, 1.807) is 23.9 Å². The number of hydrogen-bond acceptors (Lipinski definition) is 7. The average molecular weight is 530 g/mol. The van der Waals surface area contributed by atoms with Crippen LogP contribution < -0.4 is 26.2 Å². The molecule has 1 fully saturated rings. The van der Waals surface area contributed by atoms with E-state index in [1.165, 1.54) is 23.0 Å². The molecule has 1 atom stereocenters. The monoisotopic (exact) mass is 529 g/mol. The van der Waals surface area contributed by atoms with Gasteiger partial charge in [-0.25, -0.2) is 0 Å². The number of amides is 2. The van der Waals surface area contributed by atoms with Gasteiger partial charge in [-0.1, -0.05) is 47.8 Å². The minimum atomic E-state index is -0.172. The summed E-state index contributed by atoms with van der Waals surface area (Å²) in [5.74, 6) is -0.334. The summed E-state index contributed by atoms with van der Waals surface area (Å²) in [6.45, 7) is 4.55. The number of rotatable bonds is 5. The number of anilines is 2. The molecule has 188 valence electrons. The Kier molecular flexibility index (Phi) is 6.82. The number of nitrogens with zero attached hydrogens (tertiary/aromatic N) is 1. The first-order chi connectivity index (χ1) is 18.1. The zero-order chi connectivity index (χ0) is 25.2. The maximum absolute atomic E-state index is 12.9. The van der Waals surface area contributed by atoms with E-state index in [1.807, 2.05) is 36.5 Å². The molecule has 3 heterocycles. The second-order valence-corrected chi connectivity index (χ2v) is 11.4. The first kappa shape index (κ1) is 24.0. The van der Waals surface area contributed by atoms with Crippen molar-refractivity contribution >= 4 is 46.7 Å². The predicted octanol–water partition coefficient (Wildman–Crippen LogP) is 4.42. The number of hydrogen-bond donors (Lipinski definition) is 4. The van der Waals surface area contributed by atoms with Crippen molar-refractivity contribution in [2.75, 3.05) is 42.9 Å². The van der Waals surface area contributed by atoms with Crippen LogP contribution in [0.3, 0.4) is 0 Å². The molecular formula is C28H27N5O2S2. The zero-order valence-corrected chi connectivity index (χ0v) is 21.8. The van der Waals surface area contributed by atoms with E-state index in [0.29, 0.717) is 23.4 Å². The van der Waals surface area contributed by atoms with E-state index in [2.05, 4.69) is 50.4 Å². The number of fused-ring (bicyclic) bond motifs is 2. The van der Waals surface area contributed by atoms with Crippen LogP contribution in [0.1, 0.15) is 31.7 Å². The molecule has 3 aromatic carbocycles. The molecule has 0 radical (unpaired) electrons. The fourth-order valence-electron chi connectivity index (χ4n) is 4.61. The van der Waals surface area contributed by atoms with Crippen molar-refractivity contribution in [3.63, 3.8) is 0 Å². The first-order valence-corrected chi connectivity index (χ1v) is 14.0. The van der Waals surface area contributed by atoms with Crippen molar-refractivity contribution in [2.24, 2.45) is 0 Å². The van der Waals surface area contributed by atoms with Crippen molar-refractivity contribution in [2.45, 2.75) is 15.2 Å². The van der Waals surface area contributed by atoms with Gasteiger partial charge >= 0.3 is 0 Å². The van der Waals surface area contributed by atoms with Gasteiger partial charge in [-0.3, -0.25) is 9.59 Å². The van der Waals surface area contributed by atoms with Gasteiger partial charge in [0, 0.05) is 58.3 Å². The van der Waals surface area contributed by atoms with Crippen LogP contribution in [-0.4, -0.2) is 44.5 Å². The summed E-state index contributed by atoms with van der Waals surface area (Å²) in [7, 11) is 0. The van der Waals surface area contributed by atoms with E-state index in [4.69, 9.17) is 0 Å². The third-order valence-corrected chi connectivity index (χ3v) is 8.97. The topological polar surface area (TPSA) is 85.5 Å². The second-order valence-electron chi connectivity index (χ2n) is 9.05. The Morgan fingerprint density at radius 1 is 1.00 bits per heavy atom. The fraction of sp³-hybridized carbons (Fsp3) is 0.214. The molecule has 3 aromatic rings. The normalized spacial score (nSPS) is 18.6. The molecule has 0 bridgehead atoms. The standard InChI is InChI=1S/C28H27N5O2S2/c34-26(19-7-10-25-23(15-19)32-27(35)22-3-1-2-4-24(22)37-25)30-16-21-17-31-28(36-21)18-5-8-20(9-6-18)33-13-11-29-12-14-33/h1-10,15,17,28-29,31H,11-14,16H2,(H,30,34)(H,32,35). The number of nitrogens with one attached hydrogen (secondary N) is 4. The summed E-state index contributed by atoms with van der Waals surface area (Å²) in [5, 5.41) is 12.9. The Balaban J connectivity index is 1.05. The zero-order valence-electron chi connectivity index (χ0n) is 20.1. The lowest BCUT2D eigenvalue weighted by atomic mass is 10.1. The first-order valence-electron chi connectivity index (χ1n) is 12.3. The van der Waals surface area contributed by atoms with Gasteiger partial charge in [-0.05, 0) is 48.0 Å². The molecule has 0 aliphatic carbocycles. The van der Waals surface area contributed by atoms with E-state index in [0.717, 1.165) is 40.9 Å². The SMILES string of the molecule is O=C(NCC1=CNC(c2ccc(N3CCNCC3)cc2)S1)c1ccc2c(c1)NC(=O)c1ccccc1S2. The summed E-state index contributed by atoms with van der Waals surface area (Å²) in [6, 6.07) is 21.7. The number of carbonyl (C=O) groups excluding carboxylic acids is 2. The summed E-state index contributed by atoms with van der Waals surface area (Å²) in [5.41, 5.74) is 4.27. The highest BCUT2D eigenvalue weighted by molar-refractivity contribution is 8.03. The van der Waals surface area contributed by atoms with Crippen LogP contribution in [0.5, 0.6) is 0 Å². The highest BCUT2D eigenvalue weighted by atomic mass is 32.2. The van der Waals surface area contributed by atoms with Crippen LogP contribution in [0, 0.1) is 0 Å². The van der Waals surface area contributed by atoms with Gasteiger partial charge in [0.2, 0.25) is 0 Å². The molecule has 0 spiro atoms. The Morgan fingerprint density at radius 3 is 2.65 bits per heavy atom. The van der Waals surface area contributed by atoms with Crippen LogP contribution in [0.4, 0.5) is 11.4 Å². The number of piperazine rings is 1. The van der Waals surface area contributed by atoms with Crippen LogP contribution >= 0.6 is 23.5 Å². The van der Waals surface area contributed by atoms with Crippen molar-refractivity contribution in [1.29, 1.82) is 0 Å². The predicted molar refractivity (Wildman–Crippen MR) is 150 cm³/mol. The van der Waals surface area contributed by atoms with Crippen LogP contribution in [0.2, 0.25) is 0 Å². The van der Waals surface area contributed by atoms with Gasteiger partial charge in [0.05, 0.1) is 17.8 Å². The smallest absolute Gasteiger partial charge is 0.256 e. The largest absolute Gasteiger partial charge is 0.374 e. The van der Waals surface area contributed by atoms with Crippen molar-refractivity contribution in [3.8, 4) is 0 Å². The Morgan fingerprint density at radius 2 is 1.81 bits per heavy atom. The van der Waals surface area contributed by atoms with Crippen LogP contribution in [0.25, 0.3) is 0 Å². The van der Waals surface area contributed by atoms with Crippen LogP contribution in [0.15, 0.2) is 87.6 Å². The molecule has 0 aromatic heterocycles. The maximum Gasteiger partial charge on any atom is 0.256 e. The molecule has 3 aliphatic heterocycles. The van der Waals surface area contributed by atoms with Gasteiger partial charge in [0.25, 0.3) is 11.8 Å². The van der Waals surface area contributed by atoms with E-state index >= 15 is 0 Å². The molecule has 3 aliphatic rings. The molecule has 1 saturated heterocycles. The molecule has 9 heteroatoms. The Labute approximate surface area is 224 Å². The lowest BCUT2D eigenvalue weighted by Gasteiger charge is -2.29. The van der Waals surface area contributed by atoms with Crippen LogP contribution in [-0.2, 0) is 0 Å². The minimum Gasteiger partial charge on any atom is -0.374 e. The minimum absolute atomic E-state index is 0.130. The molecule has 4 N–H and O–H groups in total. The summed E-state index contributed by atoms with van der Waals surface area (Å²) < 4.78 is 0. The quantitative estimate of drug-likeness (QED) is 0.389. The molecule has 2 amide bonds. The summed E-state index contributed by atoms with van der Waals surface area (Å²) >= 11 is 3.24. The fourth-order valence-corrected chi connectivity index (χ4v) is 6.64. The number of thioether (sulfide) groups is 1. The van der Waals surface area contributed by atoms with Gasteiger partial charge in [-0.15, -0.1) is 0 Å². The second kappa shape index (κ2) is 10.5. The molecule has 6 rings (SSSR count). The van der Waals surface area contributed by atoms with Gasteiger partial charge < -0.3 is 26.2 Å². The van der Waals surface area contributed by atoms with Crippen molar-refractivity contribution < 1.29 is 9.59 Å². The van der Waals surface area contributed by atoms with Crippen molar-refractivity contribution in [1.82, 2.24) is 16.0 Å². The number of benzene rings is 3. The molecule has 37 heavy (non-hydrogen) atoms. The van der Waals surface area contributed by atoms with E-state index in [9.17, 15) is 9.59 Å². The molecular weight excluding hydrogens is 502 g/mol.